The van der Waals surface area contributed by atoms with Crippen LogP contribution in [-0.2, 0) is 0 Å². The number of amides is 1. The van der Waals surface area contributed by atoms with E-state index in [2.05, 4.69) is 10.3 Å². The Morgan fingerprint density at radius 2 is 2.31 bits per heavy atom. The molecule has 3 rings (SSSR count). The lowest BCUT2D eigenvalue weighted by Crippen LogP contribution is -2.29. The van der Waals surface area contributed by atoms with Gasteiger partial charge in [0.2, 0.25) is 0 Å². The fraction of sp³-hybridized carbons (Fsp3) is 0.250. The highest BCUT2D eigenvalue weighted by Gasteiger charge is 2.23. The highest BCUT2D eigenvalue weighted by Crippen LogP contribution is 2.30. The van der Waals surface area contributed by atoms with Gasteiger partial charge in [-0.1, -0.05) is 6.07 Å². The maximum atomic E-state index is 11.9. The van der Waals surface area contributed by atoms with Gasteiger partial charge in [0.25, 0.3) is 5.91 Å². The first kappa shape index (κ1) is 9.42. The third-order valence-electron chi connectivity index (χ3n) is 3.21. The molecule has 4 N–H and O–H groups in total. The third kappa shape index (κ3) is 1.17. The van der Waals surface area contributed by atoms with Crippen molar-refractivity contribution in [2.45, 2.75) is 5.92 Å². The van der Waals surface area contributed by atoms with Crippen molar-refractivity contribution in [3.63, 3.8) is 0 Å². The molecule has 1 aromatic carbocycles. The lowest BCUT2D eigenvalue weighted by molar-refractivity contribution is 0.0955. The average Bonchev–Trinajstić information content (AvgIpc) is 2.67. The van der Waals surface area contributed by atoms with E-state index in [9.17, 15) is 4.79 Å². The Labute approximate surface area is 92.8 Å². The molecule has 2 aromatic rings. The number of H-pyrrole nitrogens is 1. The molecule has 1 aromatic heterocycles. The van der Waals surface area contributed by atoms with Crippen molar-refractivity contribution in [1.29, 1.82) is 0 Å². The molecule has 0 bridgehead atoms. The van der Waals surface area contributed by atoms with E-state index in [1.165, 1.54) is 0 Å². The van der Waals surface area contributed by atoms with E-state index in [0.29, 0.717) is 13.1 Å². The molecule has 1 atom stereocenters. The quantitative estimate of drug-likeness (QED) is 0.663. The summed E-state index contributed by atoms with van der Waals surface area (Å²) in [6.07, 6.45) is 1.96. The largest absolute Gasteiger partial charge is 0.361 e. The molecule has 0 saturated heterocycles. The number of nitrogens with two attached hydrogens (primary N) is 1. The second-order valence-corrected chi connectivity index (χ2v) is 4.11. The number of benzene rings is 1. The van der Waals surface area contributed by atoms with E-state index in [1.807, 2.05) is 24.4 Å². The molecule has 1 aliphatic heterocycles. The number of rotatable bonds is 1. The van der Waals surface area contributed by atoms with E-state index < -0.39 is 0 Å². The lowest BCUT2D eigenvalue weighted by Gasteiger charge is -2.10. The molecule has 4 heteroatoms. The second-order valence-electron chi connectivity index (χ2n) is 4.11. The van der Waals surface area contributed by atoms with Crippen LogP contribution >= 0.6 is 0 Å². The summed E-state index contributed by atoms with van der Waals surface area (Å²) in [7, 11) is 0. The Morgan fingerprint density at radius 1 is 1.44 bits per heavy atom. The van der Waals surface area contributed by atoms with Crippen LogP contribution in [0.2, 0.25) is 0 Å². The molecule has 16 heavy (non-hydrogen) atoms. The summed E-state index contributed by atoms with van der Waals surface area (Å²) < 4.78 is 0. The molecule has 2 heterocycles. The summed E-state index contributed by atoms with van der Waals surface area (Å²) in [6.45, 7) is 1.15. The minimum atomic E-state index is -0.0117. The van der Waals surface area contributed by atoms with E-state index in [-0.39, 0.29) is 11.8 Å². The minimum Gasteiger partial charge on any atom is -0.361 e. The number of hydrogen-bond donors (Lipinski definition) is 3. The van der Waals surface area contributed by atoms with Gasteiger partial charge in [0, 0.05) is 41.7 Å². The van der Waals surface area contributed by atoms with Gasteiger partial charge >= 0.3 is 0 Å². The Morgan fingerprint density at radius 3 is 3.12 bits per heavy atom. The van der Waals surface area contributed by atoms with Crippen LogP contribution in [-0.4, -0.2) is 24.0 Å². The maximum Gasteiger partial charge on any atom is 0.251 e. The van der Waals surface area contributed by atoms with Gasteiger partial charge in [0.1, 0.15) is 0 Å². The standard InChI is InChI=1S/C12H13N3O/c13-4-7-5-15-12(16)8-2-1-3-10-11(8)9(7)6-14-10/h1-3,6-7,14H,4-5,13H2,(H,15,16). The maximum absolute atomic E-state index is 11.9. The minimum absolute atomic E-state index is 0.0117. The van der Waals surface area contributed by atoms with Crippen molar-refractivity contribution in [2.75, 3.05) is 13.1 Å². The van der Waals surface area contributed by atoms with Gasteiger partial charge in [-0.2, -0.15) is 0 Å². The van der Waals surface area contributed by atoms with Crippen molar-refractivity contribution in [3.8, 4) is 0 Å². The summed E-state index contributed by atoms with van der Waals surface area (Å²) in [4.78, 5) is 15.1. The summed E-state index contributed by atoms with van der Waals surface area (Å²) in [5, 5.41) is 3.93. The van der Waals surface area contributed by atoms with Crippen molar-refractivity contribution in [2.24, 2.45) is 5.73 Å². The molecule has 1 amide bonds. The molecule has 0 aliphatic carbocycles. The van der Waals surface area contributed by atoms with Gasteiger partial charge in [-0.25, -0.2) is 0 Å². The van der Waals surface area contributed by atoms with Crippen LogP contribution in [0.1, 0.15) is 21.8 Å². The highest BCUT2D eigenvalue weighted by atomic mass is 16.1. The predicted molar refractivity (Wildman–Crippen MR) is 62.4 cm³/mol. The van der Waals surface area contributed by atoms with E-state index >= 15 is 0 Å². The number of aromatic nitrogens is 1. The number of hydrogen-bond acceptors (Lipinski definition) is 2. The SMILES string of the molecule is NCC1CNC(=O)c2cccc3[nH]cc1c23. The van der Waals surface area contributed by atoms with E-state index in [4.69, 9.17) is 5.73 Å². The Balaban J connectivity index is 2.35. The number of aromatic amines is 1. The molecule has 82 valence electrons. The Hall–Kier alpha value is -1.81. The van der Waals surface area contributed by atoms with Gasteiger partial charge in [0.05, 0.1) is 0 Å². The summed E-state index contributed by atoms with van der Waals surface area (Å²) in [5.74, 6) is 0.184. The van der Waals surface area contributed by atoms with Crippen LogP contribution in [0.3, 0.4) is 0 Å². The van der Waals surface area contributed by atoms with Crippen LogP contribution in [0, 0.1) is 0 Å². The molecular formula is C12H13N3O. The van der Waals surface area contributed by atoms with Crippen LogP contribution < -0.4 is 11.1 Å². The first-order chi connectivity index (χ1) is 7.81. The molecular weight excluding hydrogens is 202 g/mol. The molecule has 0 spiro atoms. The molecule has 0 fully saturated rings. The van der Waals surface area contributed by atoms with Gasteiger partial charge in [-0.05, 0) is 17.7 Å². The van der Waals surface area contributed by atoms with Crippen molar-refractivity contribution in [1.82, 2.24) is 10.3 Å². The Bertz CT molecular complexity index is 558. The third-order valence-corrected chi connectivity index (χ3v) is 3.21. The van der Waals surface area contributed by atoms with Crippen molar-refractivity contribution >= 4 is 16.8 Å². The van der Waals surface area contributed by atoms with Crippen molar-refractivity contribution in [3.05, 3.63) is 35.5 Å². The fourth-order valence-electron chi connectivity index (χ4n) is 2.35. The average molecular weight is 215 g/mol. The number of carbonyl (C=O) groups excluding carboxylic acids is 1. The van der Waals surface area contributed by atoms with E-state index in [0.717, 1.165) is 22.0 Å². The highest BCUT2D eigenvalue weighted by molar-refractivity contribution is 6.08. The zero-order valence-electron chi connectivity index (χ0n) is 8.79. The van der Waals surface area contributed by atoms with Gasteiger partial charge in [-0.3, -0.25) is 4.79 Å². The van der Waals surface area contributed by atoms with Gasteiger partial charge in [0.15, 0.2) is 0 Å². The van der Waals surface area contributed by atoms with Gasteiger partial charge in [-0.15, -0.1) is 0 Å². The zero-order valence-corrected chi connectivity index (χ0v) is 8.79. The fourth-order valence-corrected chi connectivity index (χ4v) is 2.35. The Kier molecular flexibility index (Phi) is 1.97. The van der Waals surface area contributed by atoms with Crippen LogP contribution in [0.25, 0.3) is 10.9 Å². The monoisotopic (exact) mass is 215 g/mol. The zero-order chi connectivity index (χ0) is 11.1. The predicted octanol–water partition coefficient (Wildman–Crippen LogP) is 0.954. The summed E-state index contributed by atoms with van der Waals surface area (Å²) in [6, 6.07) is 5.72. The van der Waals surface area contributed by atoms with Crippen LogP contribution in [0.15, 0.2) is 24.4 Å². The topological polar surface area (TPSA) is 70.9 Å². The number of nitrogens with one attached hydrogen (secondary N) is 2. The molecule has 1 aliphatic rings. The summed E-state index contributed by atoms with van der Waals surface area (Å²) in [5.41, 5.74) is 8.63. The molecule has 1 unspecified atom stereocenters. The van der Waals surface area contributed by atoms with Gasteiger partial charge < -0.3 is 16.0 Å². The van der Waals surface area contributed by atoms with Crippen LogP contribution in [0.4, 0.5) is 0 Å². The second kappa shape index (κ2) is 3.35. The molecule has 0 radical (unpaired) electrons. The van der Waals surface area contributed by atoms with E-state index in [1.54, 1.807) is 0 Å². The summed E-state index contributed by atoms with van der Waals surface area (Å²) >= 11 is 0. The van der Waals surface area contributed by atoms with Crippen LogP contribution in [0.5, 0.6) is 0 Å². The number of carbonyl (C=O) groups is 1. The lowest BCUT2D eigenvalue weighted by atomic mass is 9.98. The first-order valence-corrected chi connectivity index (χ1v) is 5.39. The smallest absolute Gasteiger partial charge is 0.251 e. The molecule has 4 nitrogen and oxygen atoms in total. The normalized spacial score (nSPS) is 19.6. The first-order valence-electron chi connectivity index (χ1n) is 5.39. The van der Waals surface area contributed by atoms with Crippen molar-refractivity contribution < 1.29 is 4.79 Å². The molecule has 0 saturated carbocycles.